The molecular weight excluding hydrogens is 1010 g/mol. The molecule has 0 saturated carbocycles. The fraction of sp³-hybridized carbons (Fsp3) is 0.345. The van der Waals surface area contributed by atoms with E-state index in [9.17, 15) is 35.3 Å². The smallest absolute Gasteiger partial charge is 0.321 e. The lowest BCUT2D eigenvalue weighted by molar-refractivity contribution is -0.145. The van der Waals surface area contributed by atoms with E-state index in [0.717, 1.165) is 38.9 Å². The van der Waals surface area contributed by atoms with Crippen molar-refractivity contribution in [2.45, 2.75) is 105 Å². The van der Waals surface area contributed by atoms with Crippen LogP contribution in [0.2, 0.25) is 10.0 Å². The van der Waals surface area contributed by atoms with Crippen LogP contribution in [0.3, 0.4) is 0 Å². The number of nitrogens with zero attached hydrogens (tertiary/aromatic N) is 5. The predicted molar refractivity (Wildman–Crippen MR) is 290 cm³/mol. The molecule has 2 atom stereocenters. The summed E-state index contributed by atoms with van der Waals surface area (Å²) in [5, 5.41) is 57.3. The second-order valence-corrected chi connectivity index (χ2v) is 19.1. The van der Waals surface area contributed by atoms with Crippen molar-refractivity contribution in [1.82, 2.24) is 19.8 Å². The monoisotopic (exact) mass is 1070 g/mol. The molecule has 16 nitrogen and oxygen atoms in total. The van der Waals surface area contributed by atoms with Crippen LogP contribution in [-0.2, 0) is 49.1 Å². The molecule has 18 heteroatoms. The number of ether oxygens (including phenoxy) is 4. The number of carboxylic acids is 2. The third-order valence-electron chi connectivity index (χ3n) is 12.9. The van der Waals surface area contributed by atoms with Crippen molar-refractivity contribution >= 4 is 41.4 Å². The normalized spacial score (nSPS) is 12.0. The van der Waals surface area contributed by atoms with E-state index in [1.54, 1.807) is 64.8 Å². The van der Waals surface area contributed by atoms with Gasteiger partial charge in [0.1, 0.15) is 67.6 Å². The third kappa shape index (κ3) is 15.5. The first-order chi connectivity index (χ1) is 36.7. The molecule has 0 saturated heterocycles. The molecule has 0 bridgehead atoms. The Kier molecular flexibility index (Phi) is 22.0. The zero-order chi connectivity index (χ0) is 54.7. The molecular formula is C58H64Cl2N6O10. The molecule has 6 rings (SSSR count). The maximum absolute atomic E-state index is 12.3. The van der Waals surface area contributed by atoms with E-state index >= 15 is 0 Å². The second kappa shape index (κ2) is 28.7. The van der Waals surface area contributed by atoms with Crippen molar-refractivity contribution in [1.29, 1.82) is 10.7 Å². The molecule has 4 aromatic carbocycles. The van der Waals surface area contributed by atoms with Crippen molar-refractivity contribution < 1.29 is 49.0 Å². The lowest BCUT2D eigenvalue weighted by atomic mass is 9.92. The zero-order valence-corrected chi connectivity index (χ0v) is 44.6. The van der Waals surface area contributed by atoms with Gasteiger partial charge in [0, 0.05) is 97.3 Å². The zero-order valence-electron chi connectivity index (χ0n) is 43.1. The van der Waals surface area contributed by atoms with Crippen molar-refractivity contribution in [3.05, 3.63) is 163 Å². The largest absolute Gasteiger partial charge is 0.488 e. The quantitative estimate of drug-likeness (QED) is 0.0264. The minimum absolute atomic E-state index is 0.0412. The number of benzene rings is 4. The SMILES string of the molecule is CCCN(Cc1cc(Cl)c(OCc2cccc(-c3cccc(COc4cc(OCc5cncc(C=N)c5)c(CN(CCC)[C@@H](CCO)C(=O)O)cc4Cl)c3C)c2C)cc1OCc1cncc(C#N)c1)[C@@H](CCO)C(=O)O. The highest BCUT2D eigenvalue weighted by atomic mass is 35.5. The highest BCUT2D eigenvalue weighted by Crippen LogP contribution is 2.38. The van der Waals surface area contributed by atoms with Crippen LogP contribution in [-0.4, -0.2) is 96.7 Å². The standard InChI is InChI=1S/C58H64Cl2N6O10/c1-5-15-65(51(13-17-67)57(69)70)31-45-21-49(59)55(23-53(45)73-33-41-19-39(25-61)27-63-29-41)75-35-43-9-7-11-47(37(43)3)48-12-8-10-44(38(48)4)36-76-56-24-54(74-34-42-20-40(26-62)28-64-30-42)46(22-50(56)60)32-66(16-6-2)52(14-18-68)58(71)72/h7-12,19-25,27-30,51-52,61,67-68H,5-6,13-18,31-36H2,1-4H3,(H,69,70)(H,71,72)/t51-,52-/m0/s1. The Morgan fingerprint density at radius 2 is 1.09 bits per heavy atom. The molecule has 400 valence electrons. The number of aliphatic hydroxyl groups is 2. The summed E-state index contributed by atoms with van der Waals surface area (Å²) in [4.78, 5) is 36.6. The second-order valence-electron chi connectivity index (χ2n) is 18.3. The van der Waals surface area contributed by atoms with Gasteiger partial charge in [-0.2, -0.15) is 5.26 Å². The summed E-state index contributed by atoms with van der Waals surface area (Å²) in [5.41, 5.74) is 9.31. The van der Waals surface area contributed by atoms with E-state index in [2.05, 4.69) is 16.0 Å². The maximum atomic E-state index is 12.3. The van der Waals surface area contributed by atoms with Gasteiger partial charge in [0.25, 0.3) is 0 Å². The maximum Gasteiger partial charge on any atom is 0.321 e. The Labute approximate surface area is 453 Å². The van der Waals surface area contributed by atoms with Crippen LogP contribution in [0.15, 0.2) is 97.6 Å². The van der Waals surface area contributed by atoms with Crippen LogP contribution in [0.1, 0.15) is 95.2 Å². The molecule has 0 aliphatic carbocycles. The number of carboxylic acid groups (broad SMARTS) is 2. The summed E-state index contributed by atoms with van der Waals surface area (Å²) in [6, 6.07) is 22.5. The number of aromatic nitrogens is 2. The van der Waals surface area contributed by atoms with Gasteiger partial charge in [0.15, 0.2) is 0 Å². The van der Waals surface area contributed by atoms with Crippen LogP contribution in [0.5, 0.6) is 23.0 Å². The van der Waals surface area contributed by atoms with Gasteiger partial charge in [-0.05, 0) is 110 Å². The molecule has 2 aromatic heterocycles. The van der Waals surface area contributed by atoms with Gasteiger partial charge >= 0.3 is 11.9 Å². The number of carbonyl (C=O) groups is 2. The molecule has 0 radical (unpaired) electrons. The van der Waals surface area contributed by atoms with Gasteiger partial charge < -0.3 is 44.8 Å². The van der Waals surface area contributed by atoms with Crippen LogP contribution >= 0.6 is 23.2 Å². The Bertz CT molecular complexity index is 3010. The summed E-state index contributed by atoms with van der Waals surface area (Å²) in [6.07, 6.45) is 8.93. The van der Waals surface area contributed by atoms with Crippen molar-refractivity contribution in [2.75, 3.05) is 26.3 Å². The first-order valence-corrected chi connectivity index (χ1v) is 25.7. The number of halogens is 2. The molecule has 0 spiro atoms. The van der Waals surface area contributed by atoms with Gasteiger partial charge in [-0.25, -0.2) is 0 Å². The summed E-state index contributed by atoms with van der Waals surface area (Å²) in [6.45, 7) is 9.07. The molecule has 0 unspecified atom stereocenters. The Morgan fingerprint density at radius 1 is 0.645 bits per heavy atom. The van der Waals surface area contributed by atoms with Crippen LogP contribution in [0.25, 0.3) is 11.1 Å². The summed E-state index contributed by atoms with van der Waals surface area (Å²) in [5.74, 6) is -0.555. The van der Waals surface area contributed by atoms with Crippen molar-refractivity contribution in [2.24, 2.45) is 0 Å². The van der Waals surface area contributed by atoms with Gasteiger partial charge in [-0.3, -0.25) is 29.4 Å². The van der Waals surface area contributed by atoms with Crippen LogP contribution < -0.4 is 18.9 Å². The van der Waals surface area contributed by atoms with E-state index in [0.29, 0.717) is 86.8 Å². The first-order valence-electron chi connectivity index (χ1n) is 25.0. The van der Waals surface area contributed by atoms with Crippen molar-refractivity contribution in [3.8, 4) is 40.2 Å². The number of pyridine rings is 2. The Hall–Kier alpha value is -7.10. The molecule has 2 heterocycles. The van der Waals surface area contributed by atoms with E-state index in [4.69, 9.17) is 47.6 Å². The average Bonchev–Trinajstić information content (AvgIpc) is 3.42. The third-order valence-corrected chi connectivity index (χ3v) is 13.5. The van der Waals surface area contributed by atoms with Crippen molar-refractivity contribution in [3.63, 3.8) is 0 Å². The fourth-order valence-corrected chi connectivity index (χ4v) is 9.43. The summed E-state index contributed by atoms with van der Waals surface area (Å²) < 4.78 is 25.6. The molecule has 5 N–H and O–H groups in total. The topological polar surface area (TPSA) is 232 Å². The molecule has 0 amide bonds. The summed E-state index contributed by atoms with van der Waals surface area (Å²) >= 11 is 13.9. The minimum atomic E-state index is -1.05. The average molecular weight is 1080 g/mol. The van der Waals surface area contributed by atoms with Crippen LogP contribution in [0, 0.1) is 30.6 Å². The van der Waals surface area contributed by atoms with Crippen LogP contribution in [0.4, 0.5) is 0 Å². The predicted octanol–water partition coefficient (Wildman–Crippen LogP) is 10.3. The first kappa shape index (κ1) is 58.2. The number of hydrogen-bond donors (Lipinski definition) is 5. The molecule has 0 aliphatic rings. The van der Waals surface area contributed by atoms with E-state index in [1.165, 1.54) is 12.4 Å². The number of rotatable bonds is 30. The van der Waals surface area contributed by atoms with E-state index in [-0.39, 0.29) is 65.6 Å². The molecule has 76 heavy (non-hydrogen) atoms. The van der Waals surface area contributed by atoms with Gasteiger partial charge in [-0.15, -0.1) is 0 Å². The number of nitriles is 1. The number of aliphatic carboxylic acids is 2. The fourth-order valence-electron chi connectivity index (χ4n) is 8.95. The highest BCUT2D eigenvalue weighted by molar-refractivity contribution is 6.32. The number of aliphatic hydroxyl groups excluding tert-OH is 2. The summed E-state index contributed by atoms with van der Waals surface area (Å²) in [7, 11) is 0. The number of nitrogens with one attached hydrogen (secondary N) is 1. The highest BCUT2D eigenvalue weighted by Gasteiger charge is 2.28. The Balaban J connectivity index is 1.25. The number of hydrogen-bond acceptors (Lipinski definition) is 14. The lowest BCUT2D eigenvalue weighted by Gasteiger charge is -2.29. The van der Waals surface area contributed by atoms with E-state index in [1.807, 2.05) is 64.1 Å². The lowest BCUT2D eigenvalue weighted by Crippen LogP contribution is -2.42. The molecule has 0 aliphatic heterocycles. The minimum Gasteiger partial charge on any atom is -0.488 e. The molecule has 6 aromatic rings. The van der Waals surface area contributed by atoms with Gasteiger partial charge in [0.05, 0.1) is 15.6 Å². The van der Waals surface area contributed by atoms with Gasteiger partial charge in [-0.1, -0.05) is 73.4 Å². The van der Waals surface area contributed by atoms with E-state index < -0.39 is 24.0 Å². The van der Waals surface area contributed by atoms with Gasteiger partial charge in [0.2, 0.25) is 0 Å². The Morgan fingerprint density at radius 3 is 1.51 bits per heavy atom. The molecule has 0 fully saturated rings.